The zero-order valence-corrected chi connectivity index (χ0v) is 16.6. The van der Waals surface area contributed by atoms with E-state index in [1.165, 1.54) is 4.90 Å². The molecule has 1 amide bonds. The molecule has 0 aliphatic carbocycles. The number of aryl methyl sites for hydroxylation is 1. The zero-order chi connectivity index (χ0) is 21.1. The molecule has 0 N–H and O–H groups in total. The minimum atomic E-state index is -0.561. The van der Waals surface area contributed by atoms with Crippen molar-refractivity contribution in [2.75, 3.05) is 31.3 Å². The van der Waals surface area contributed by atoms with E-state index in [-0.39, 0.29) is 26.2 Å². The first-order chi connectivity index (χ1) is 14.0. The highest BCUT2D eigenvalue weighted by Gasteiger charge is 2.21. The van der Waals surface area contributed by atoms with Gasteiger partial charge in [-0.3, -0.25) is 19.3 Å². The Bertz CT molecular complexity index is 804. The predicted octanol–water partition coefficient (Wildman–Crippen LogP) is 2.90. The highest BCUT2D eigenvalue weighted by Crippen LogP contribution is 2.14. The van der Waals surface area contributed by atoms with Gasteiger partial charge in [0, 0.05) is 5.69 Å². The van der Waals surface area contributed by atoms with Crippen molar-refractivity contribution < 1.29 is 28.6 Å². The zero-order valence-electron chi connectivity index (χ0n) is 16.6. The summed E-state index contributed by atoms with van der Waals surface area (Å²) in [6, 6.07) is 16.1. The second-order valence-electron chi connectivity index (χ2n) is 6.19. The molecule has 7 nitrogen and oxygen atoms in total. The quantitative estimate of drug-likeness (QED) is 0.572. The largest absolute Gasteiger partial charge is 0.493 e. The molecule has 29 heavy (non-hydrogen) atoms. The molecule has 2 rings (SSSR count). The Hall–Kier alpha value is -3.35. The molecule has 2 aromatic rings. The minimum Gasteiger partial charge on any atom is -0.493 e. The smallest absolute Gasteiger partial charge is 0.326 e. The average Bonchev–Trinajstić information content (AvgIpc) is 2.72. The monoisotopic (exact) mass is 399 g/mol. The van der Waals surface area contributed by atoms with Gasteiger partial charge in [0.1, 0.15) is 12.3 Å². The number of hydrogen-bond donors (Lipinski definition) is 0. The maximum absolute atomic E-state index is 12.5. The van der Waals surface area contributed by atoms with Crippen molar-refractivity contribution in [3.8, 4) is 5.75 Å². The standard InChI is InChI=1S/C22H25NO6/c1-3-27-22(26)15-23(18-7-5-4-6-8-18)20(24)16-29-21(25)13-14-28-19-11-9-17(2)10-12-19/h4-12H,3,13-16H2,1-2H3. The lowest BCUT2D eigenvalue weighted by Gasteiger charge is -2.21. The maximum Gasteiger partial charge on any atom is 0.326 e. The third-order valence-corrected chi connectivity index (χ3v) is 3.91. The number of nitrogens with zero attached hydrogens (tertiary/aromatic N) is 1. The molecule has 0 aromatic heterocycles. The number of ether oxygens (including phenoxy) is 3. The van der Waals surface area contributed by atoms with Crippen LogP contribution in [0.25, 0.3) is 0 Å². The molecule has 0 heterocycles. The van der Waals surface area contributed by atoms with Gasteiger partial charge < -0.3 is 14.2 Å². The van der Waals surface area contributed by atoms with Crippen LogP contribution in [0, 0.1) is 6.92 Å². The van der Waals surface area contributed by atoms with Crippen molar-refractivity contribution in [1.29, 1.82) is 0 Å². The predicted molar refractivity (Wildman–Crippen MR) is 108 cm³/mol. The summed E-state index contributed by atoms with van der Waals surface area (Å²) in [5, 5.41) is 0. The van der Waals surface area contributed by atoms with Crippen LogP contribution < -0.4 is 9.64 Å². The summed E-state index contributed by atoms with van der Waals surface area (Å²) in [6.45, 7) is 3.28. The fourth-order valence-corrected chi connectivity index (χ4v) is 2.45. The van der Waals surface area contributed by atoms with Crippen molar-refractivity contribution >= 4 is 23.5 Å². The Kier molecular flexibility index (Phi) is 8.69. The number of anilines is 1. The van der Waals surface area contributed by atoms with E-state index in [4.69, 9.17) is 14.2 Å². The number of amides is 1. The van der Waals surface area contributed by atoms with E-state index in [9.17, 15) is 14.4 Å². The molecule has 0 fully saturated rings. The fourth-order valence-electron chi connectivity index (χ4n) is 2.45. The molecule has 0 saturated heterocycles. The highest BCUT2D eigenvalue weighted by molar-refractivity contribution is 5.99. The first kappa shape index (κ1) is 21.9. The van der Waals surface area contributed by atoms with Gasteiger partial charge in [-0.2, -0.15) is 0 Å². The Morgan fingerprint density at radius 1 is 0.897 bits per heavy atom. The lowest BCUT2D eigenvalue weighted by atomic mass is 10.2. The fraction of sp³-hybridized carbons (Fsp3) is 0.318. The first-order valence-electron chi connectivity index (χ1n) is 9.35. The molecule has 0 aliphatic rings. The van der Waals surface area contributed by atoms with Gasteiger partial charge in [0.05, 0.1) is 19.6 Å². The molecule has 0 saturated carbocycles. The Morgan fingerprint density at radius 3 is 2.24 bits per heavy atom. The lowest BCUT2D eigenvalue weighted by Crippen LogP contribution is -2.39. The highest BCUT2D eigenvalue weighted by atomic mass is 16.5. The van der Waals surface area contributed by atoms with E-state index in [0.717, 1.165) is 5.56 Å². The van der Waals surface area contributed by atoms with E-state index < -0.39 is 24.5 Å². The molecule has 0 unspecified atom stereocenters. The Balaban J connectivity index is 1.83. The van der Waals surface area contributed by atoms with E-state index in [2.05, 4.69) is 0 Å². The van der Waals surface area contributed by atoms with Crippen LogP contribution >= 0.6 is 0 Å². The van der Waals surface area contributed by atoms with Gasteiger partial charge in [0.2, 0.25) is 0 Å². The SMILES string of the molecule is CCOC(=O)CN(C(=O)COC(=O)CCOc1ccc(C)cc1)c1ccccc1. The van der Waals surface area contributed by atoms with Gasteiger partial charge in [-0.05, 0) is 38.1 Å². The number of carbonyl (C=O) groups is 3. The lowest BCUT2D eigenvalue weighted by molar-refractivity contribution is -0.148. The summed E-state index contributed by atoms with van der Waals surface area (Å²) in [6.07, 6.45) is 0.00434. The maximum atomic E-state index is 12.5. The van der Waals surface area contributed by atoms with Gasteiger partial charge in [0.15, 0.2) is 6.61 Å². The Labute approximate surface area is 170 Å². The molecule has 2 aromatic carbocycles. The van der Waals surface area contributed by atoms with Crippen LogP contribution in [-0.2, 0) is 23.9 Å². The molecule has 0 bridgehead atoms. The number of carbonyl (C=O) groups excluding carboxylic acids is 3. The average molecular weight is 399 g/mol. The number of benzene rings is 2. The third-order valence-electron chi connectivity index (χ3n) is 3.91. The first-order valence-corrected chi connectivity index (χ1v) is 9.35. The van der Waals surface area contributed by atoms with Gasteiger partial charge in [-0.15, -0.1) is 0 Å². The van der Waals surface area contributed by atoms with Gasteiger partial charge in [-0.1, -0.05) is 35.9 Å². The van der Waals surface area contributed by atoms with E-state index >= 15 is 0 Å². The van der Waals surface area contributed by atoms with Crippen molar-refractivity contribution in [1.82, 2.24) is 0 Å². The number of hydrogen-bond acceptors (Lipinski definition) is 6. The summed E-state index contributed by atoms with van der Waals surface area (Å²) in [7, 11) is 0. The van der Waals surface area contributed by atoms with Gasteiger partial charge in [0.25, 0.3) is 5.91 Å². The van der Waals surface area contributed by atoms with Crippen LogP contribution in [0.5, 0.6) is 5.75 Å². The molecule has 0 radical (unpaired) electrons. The van der Waals surface area contributed by atoms with Crippen LogP contribution in [0.3, 0.4) is 0 Å². The summed E-state index contributed by atoms with van der Waals surface area (Å²) >= 11 is 0. The molecule has 0 spiro atoms. The summed E-state index contributed by atoms with van der Waals surface area (Å²) in [5.41, 5.74) is 1.63. The molecule has 0 atom stereocenters. The summed E-state index contributed by atoms with van der Waals surface area (Å²) in [4.78, 5) is 37.5. The van der Waals surface area contributed by atoms with Gasteiger partial charge in [-0.25, -0.2) is 0 Å². The normalized spacial score (nSPS) is 10.1. The van der Waals surface area contributed by atoms with Crippen LogP contribution in [0.2, 0.25) is 0 Å². The van der Waals surface area contributed by atoms with E-state index in [1.807, 2.05) is 31.2 Å². The number of esters is 2. The van der Waals surface area contributed by atoms with Crippen molar-refractivity contribution in [3.63, 3.8) is 0 Å². The molecule has 154 valence electrons. The van der Waals surface area contributed by atoms with E-state index in [1.54, 1.807) is 37.3 Å². The summed E-state index contributed by atoms with van der Waals surface area (Å²) in [5.74, 6) is -0.960. The second-order valence-corrected chi connectivity index (χ2v) is 6.19. The number of para-hydroxylation sites is 1. The number of rotatable bonds is 10. The van der Waals surface area contributed by atoms with E-state index in [0.29, 0.717) is 11.4 Å². The molecule has 0 aliphatic heterocycles. The van der Waals surface area contributed by atoms with Crippen LogP contribution in [-0.4, -0.2) is 44.2 Å². The van der Waals surface area contributed by atoms with Gasteiger partial charge >= 0.3 is 11.9 Å². The topological polar surface area (TPSA) is 82.1 Å². The van der Waals surface area contributed by atoms with Crippen molar-refractivity contribution in [2.45, 2.75) is 20.3 Å². The van der Waals surface area contributed by atoms with Crippen molar-refractivity contribution in [2.24, 2.45) is 0 Å². The third kappa shape index (κ3) is 7.65. The second kappa shape index (κ2) is 11.5. The molecule has 7 heteroatoms. The van der Waals surface area contributed by atoms with Crippen molar-refractivity contribution in [3.05, 3.63) is 60.2 Å². The Morgan fingerprint density at radius 2 is 1.59 bits per heavy atom. The van der Waals surface area contributed by atoms with Crippen LogP contribution in [0.15, 0.2) is 54.6 Å². The van der Waals surface area contributed by atoms with Crippen LogP contribution in [0.1, 0.15) is 18.9 Å². The summed E-state index contributed by atoms with van der Waals surface area (Å²) < 4.78 is 15.4. The molecular weight excluding hydrogens is 374 g/mol. The minimum absolute atomic E-state index is 0.00434. The van der Waals surface area contributed by atoms with Crippen LogP contribution in [0.4, 0.5) is 5.69 Å². The molecular formula is C22H25NO6.